The van der Waals surface area contributed by atoms with Gasteiger partial charge in [0, 0.05) is 18.6 Å². The minimum atomic E-state index is 0.663. The molecule has 0 amide bonds. The lowest BCUT2D eigenvalue weighted by Crippen LogP contribution is -1.98. The predicted molar refractivity (Wildman–Crippen MR) is 47.3 cm³/mol. The minimum absolute atomic E-state index is 0.663. The third-order valence-corrected chi connectivity index (χ3v) is 2.05. The highest BCUT2D eigenvalue weighted by molar-refractivity contribution is 6.31. The number of rotatable bonds is 3. The van der Waals surface area contributed by atoms with Gasteiger partial charge in [0.1, 0.15) is 0 Å². The maximum atomic E-state index is 5.79. The van der Waals surface area contributed by atoms with Crippen molar-refractivity contribution in [1.29, 1.82) is 0 Å². The molecule has 0 unspecified atom stereocenters. The molecule has 11 heavy (non-hydrogen) atoms. The van der Waals surface area contributed by atoms with Crippen molar-refractivity contribution in [3.63, 3.8) is 0 Å². The van der Waals surface area contributed by atoms with Crippen LogP contribution in [0.2, 0.25) is 5.02 Å². The van der Waals surface area contributed by atoms with Crippen molar-refractivity contribution in [2.75, 3.05) is 5.88 Å². The SMILES string of the molecule is Cc1nn(CCCCl)cc1Cl. The summed E-state index contributed by atoms with van der Waals surface area (Å²) in [4.78, 5) is 0. The molecule has 0 aliphatic carbocycles. The first kappa shape index (κ1) is 8.88. The van der Waals surface area contributed by atoms with E-state index in [1.54, 1.807) is 0 Å². The molecule has 0 N–H and O–H groups in total. The molecular weight excluding hydrogens is 183 g/mol. The van der Waals surface area contributed by atoms with Gasteiger partial charge in [-0.25, -0.2) is 0 Å². The zero-order chi connectivity index (χ0) is 8.27. The summed E-state index contributed by atoms with van der Waals surface area (Å²) in [5.74, 6) is 0.663. The number of halogens is 2. The molecule has 0 saturated carbocycles. The number of hydrogen-bond donors (Lipinski definition) is 0. The van der Waals surface area contributed by atoms with Crippen molar-refractivity contribution in [1.82, 2.24) is 9.78 Å². The van der Waals surface area contributed by atoms with Crippen LogP contribution in [-0.2, 0) is 6.54 Å². The summed E-state index contributed by atoms with van der Waals surface area (Å²) in [6.07, 6.45) is 2.75. The Labute approximate surface area is 76.1 Å². The van der Waals surface area contributed by atoms with Crippen molar-refractivity contribution in [3.8, 4) is 0 Å². The summed E-state index contributed by atoms with van der Waals surface area (Å²) in [7, 11) is 0. The van der Waals surface area contributed by atoms with E-state index in [-0.39, 0.29) is 0 Å². The summed E-state index contributed by atoms with van der Waals surface area (Å²) in [6, 6.07) is 0. The quantitative estimate of drug-likeness (QED) is 0.674. The van der Waals surface area contributed by atoms with Crippen LogP contribution in [0.4, 0.5) is 0 Å². The van der Waals surface area contributed by atoms with Crippen LogP contribution in [-0.4, -0.2) is 15.7 Å². The Balaban J connectivity index is 2.58. The Kier molecular flexibility index (Phi) is 3.21. The van der Waals surface area contributed by atoms with Gasteiger partial charge in [0.15, 0.2) is 0 Å². The van der Waals surface area contributed by atoms with Gasteiger partial charge in [-0.15, -0.1) is 11.6 Å². The first-order valence-electron chi connectivity index (χ1n) is 3.49. The molecule has 1 aromatic rings. The summed E-state index contributed by atoms with van der Waals surface area (Å²) < 4.78 is 1.82. The Bertz CT molecular complexity index is 213. The van der Waals surface area contributed by atoms with Crippen LogP contribution < -0.4 is 0 Å². The second kappa shape index (κ2) is 3.98. The average molecular weight is 193 g/mol. The van der Waals surface area contributed by atoms with Crippen LogP contribution in [0.5, 0.6) is 0 Å². The summed E-state index contributed by atoms with van der Waals surface area (Å²) in [5, 5.41) is 4.90. The van der Waals surface area contributed by atoms with Crippen molar-refractivity contribution in [2.45, 2.75) is 19.9 Å². The summed E-state index contributed by atoms with van der Waals surface area (Å²) in [6.45, 7) is 2.73. The number of aryl methyl sites for hydroxylation is 2. The Morgan fingerprint density at radius 2 is 2.36 bits per heavy atom. The third kappa shape index (κ3) is 2.38. The standard InChI is InChI=1S/C7H10Cl2N2/c1-6-7(9)5-11(10-6)4-2-3-8/h5H,2-4H2,1H3. The molecule has 1 rings (SSSR count). The largest absolute Gasteiger partial charge is 0.271 e. The van der Waals surface area contributed by atoms with E-state index in [1.165, 1.54) is 0 Å². The monoisotopic (exact) mass is 192 g/mol. The first-order chi connectivity index (χ1) is 5.24. The molecule has 4 heteroatoms. The van der Waals surface area contributed by atoms with E-state index in [1.807, 2.05) is 17.8 Å². The van der Waals surface area contributed by atoms with Crippen LogP contribution in [0.1, 0.15) is 12.1 Å². The number of aromatic nitrogens is 2. The van der Waals surface area contributed by atoms with Crippen molar-refractivity contribution in [2.24, 2.45) is 0 Å². The van der Waals surface area contributed by atoms with E-state index in [9.17, 15) is 0 Å². The highest BCUT2D eigenvalue weighted by Gasteiger charge is 1.99. The van der Waals surface area contributed by atoms with Gasteiger partial charge in [-0.1, -0.05) is 11.6 Å². The highest BCUT2D eigenvalue weighted by atomic mass is 35.5. The van der Waals surface area contributed by atoms with Gasteiger partial charge in [0.05, 0.1) is 10.7 Å². The second-order valence-corrected chi connectivity index (χ2v) is 3.15. The molecule has 62 valence electrons. The molecule has 0 aliphatic rings. The third-order valence-electron chi connectivity index (χ3n) is 1.41. The zero-order valence-corrected chi connectivity index (χ0v) is 7.86. The van der Waals surface area contributed by atoms with Crippen molar-refractivity contribution >= 4 is 23.2 Å². The lowest BCUT2D eigenvalue weighted by Gasteiger charge is -1.95. The topological polar surface area (TPSA) is 17.8 Å². The van der Waals surface area contributed by atoms with Gasteiger partial charge in [0.2, 0.25) is 0 Å². The maximum absolute atomic E-state index is 5.79. The molecule has 1 heterocycles. The van der Waals surface area contributed by atoms with E-state index in [4.69, 9.17) is 23.2 Å². The molecule has 0 saturated heterocycles. The average Bonchev–Trinajstić information content (AvgIpc) is 2.28. The van der Waals surface area contributed by atoms with E-state index >= 15 is 0 Å². The Morgan fingerprint density at radius 1 is 1.64 bits per heavy atom. The van der Waals surface area contributed by atoms with Gasteiger partial charge in [0.25, 0.3) is 0 Å². The lowest BCUT2D eigenvalue weighted by atomic mass is 10.5. The number of alkyl halides is 1. The predicted octanol–water partition coefficient (Wildman–Crippen LogP) is 2.47. The molecular formula is C7H10Cl2N2. The molecule has 1 aromatic heterocycles. The molecule has 0 radical (unpaired) electrons. The van der Waals surface area contributed by atoms with Gasteiger partial charge < -0.3 is 0 Å². The number of hydrogen-bond acceptors (Lipinski definition) is 1. The molecule has 0 fully saturated rings. The first-order valence-corrected chi connectivity index (χ1v) is 4.41. The van der Waals surface area contributed by atoms with Gasteiger partial charge in [-0.2, -0.15) is 5.10 Å². The molecule has 0 aliphatic heterocycles. The minimum Gasteiger partial charge on any atom is -0.271 e. The molecule has 2 nitrogen and oxygen atoms in total. The molecule has 0 bridgehead atoms. The van der Waals surface area contributed by atoms with Crippen LogP contribution in [0.25, 0.3) is 0 Å². The van der Waals surface area contributed by atoms with Gasteiger partial charge in [-0.05, 0) is 13.3 Å². The second-order valence-electron chi connectivity index (χ2n) is 2.37. The highest BCUT2D eigenvalue weighted by Crippen LogP contribution is 2.11. The normalized spacial score (nSPS) is 10.5. The Hall–Kier alpha value is -0.210. The fourth-order valence-corrected chi connectivity index (χ4v) is 1.10. The number of nitrogens with zero attached hydrogens (tertiary/aromatic N) is 2. The molecule has 0 atom stereocenters. The van der Waals surface area contributed by atoms with Crippen molar-refractivity contribution in [3.05, 3.63) is 16.9 Å². The maximum Gasteiger partial charge on any atom is 0.0814 e. The van der Waals surface area contributed by atoms with Crippen LogP contribution in [0.3, 0.4) is 0 Å². The Morgan fingerprint density at radius 3 is 2.82 bits per heavy atom. The van der Waals surface area contributed by atoms with Gasteiger partial charge in [-0.3, -0.25) is 4.68 Å². The fraction of sp³-hybridized carbons (Fsp3) is 0.571. The molecule has 0 aromatic carbocycles. The smallest absolute Gasteiger partial charge is 0.0814 e. The van der Waals surface area contributed by atoms with E-state index < -0.39 is 0 Å². The summed E-state index contributed by atoms with van der Waals surface area (Å²) in [5.41, 5.74) is 0.876. The summed E-state index contributed by atoms with van der Waals surface area (Å²) >= 11 is 11.3. The van der Waals surface area contributed by atoms with E-state index in [0.717, 1.165) is 23.7 Å². The molecule has 0 spiro atoms. The fourth-order valence-electron chi connectivity index (χ4n) is 0.830. The van der Waals surface area contributed by atoms with E-state index in [0.29, 0.717) is 5.88 Å². The van der Waals surface area contributed by atoms with Crippen LogP contribution >= 0.6 is 23.2 Å². The zero-order valence-electron chi connectivity index (χ0n) is 6.35. The van der Waals surface area contributed by atoms with Crippen LogP contribution in [0, 0.1) is 6.92 Å². The van der Waals surface area contributed by atoms with E-state index in [2.05, 4.69) is 5.10 Å². The van der Waals surface area contributed by atoms with Crippen LogP contribution in [0.15, 0.2) is 6.20 Å². The van der Waals surface area contributed by atoms with Crippen molar-refractivity contribution < 1.29 is 0 Å². The lowest BCUT2D eigenvalue weighted by molar-refractivity contribution is 0.600. The van der Waals surface area contributed by atoms with Gasteiger partial charge >= 0.3 is 0 Å².